The fourth-order valence-electron chi connectivity index (χ4n) is 1.66. The van der Waals surface area contributed by atoms with E-state index in [-0.39, 0.29) is 12.4 Å². The summed E-state index contributed by atoms with van der Waals surface area (Å²) in [4.78, 5) is 0. The molecule has 100 valence electrons. The molecule has 0 saturated heterocycles. The Bertz CT molecular complexity index is 592. The van der Waals surface area contributed by atoms with E-state index in [1.807, 2.05) is 0 Å². The topological polar surface area (TPSA) is 35.2 Å². The molecule has 2 aromatic rings. The lowest BCUT2D eigenvalue weighted by Crippen LogP contribution is -2.04. The molecule has 2 aromatic carbocycles. The van der Waals surface area contributed by atoms with Crippen LogP contribution in [0.2, 0.25) is 5.02 Å². The first-order valence-corrected chi connectivity index (χ1v) is 6.82. The van der Waals surface area contributed by atoms with Crippen LogP contribution in [0.3, 0.4) is 0 Å². The molecule has 0 atom stereocenters. The van der Waals surface area contributed by atoms with Crippen LogP contribution in [0.15, 0.2) is 40.9 Å². The first-order chi connectivity index (χ1) is 9.10. The van der Waals surface area contributed by atoms with E-state index < -0.39 is 0 Å². The lowest BCUT2D eigenvalue weighted by molar-refractivity contribution is 0.296. The van der Waals surface area contributed by atoms with Crippen molar-refractivity contribution in [2.75, 3.05) is 0 Å². The standard InChI is InChI=1S/C14H12BrClFNO/c15-11-1-3-13(17)10(5-11)8-19-14-4-2-12(16)6-9(14)7-18/h1-6H,7-8,18H2. The quantitative estimate of drug-likeness (QED) is 0.898. The van der Waals surface area contributed by atoms with E-state index in [0.717, 1.165) is 10.0 Å². The van der Waals surface area contributed by atoms with Crippen molar-refractivity contribution in [3.63, 3.8) is 0 Å². The van der Waals surface area contributed by atoms with Crippen LogP contribution < -0.4 is 10.5 Å². The summed E-state index contributed by atoms with van der Waals surface area (Å²) in [5, 5.41) is 0.599. The highest BCUT2D eigenvalue weighted by Crippen LogP contribution is 2.24. The van der Waals surface area contributed by atoms with E-state index in [0.29, 0.717) is 22.9 Å². The van der Waals surface area contributed by atoms with Gasteiger partial charge in [-0.3, -0.25) is 0 Å². The first-order valence-electron chi connectivity index (χ1n) is 5.65. The van der Waals surface area contributed by atoms with Crippen molar-refractivity contribution in [2.24, 2.45) is 5.73 Å². The molecule has 2 N–H and O–H groups in total. The molecule has 2 nitrogen and oxygen atoms in total. The highest BCUT2D eigenvalue weighted by atomic mass is 79.9. The van der Waals surface area contributed by atoms with Gasteiger partial charge in [0.15, 0.2) is 0 Å². The summed E-state index contributed by atoms with van der Waals surface area (Å²) in [5.41, 5.74) is 6.90. The van der Waals surface area contributed by atoms with Gasteiger partial charge in [0, 0.05) is 27.2 Å². The maximum Gasteiger partial charge on any atom is 0.129 e. The Labute approximate surface area is 124 Å². The summed E-state index contributed by atoms with van der Waals surface area (Å²) < 4.78 is 20.0. The Hall–Kier alpha value is -1.10. The van der Waals surface area contributed by atoms with Crippen LogP contribution in [-0.4, -0.2) is 0 Å². The molecule has 0 heterocycles. The zero-order chi connectivity index (χ0) is 13.8. The molecule has 2 rings (SSSR count). The fraction of sp³-hybridized carbons (Fsp3) is 0.143. The molecule has 0 aliphatic rings. The third kappa shape index (κ3) is 3.69. The van der Waals surface area contributed by atoms with Crippen LogP contribution in [0, 0.1) is 5.82 Å². The molecule has 0 aromatic heterocycles. The minimum absolute atomic E-state index is 0.139. The monoisotopic (exact) mass is 343 g/mol. The number of ether oxygens (including phenoxy) is 1. The van der Waals surface area contributed by atoms with Gasteiger partial charge in [0.2, 0.25) is 0 Å². The molecule has 5 heteroatoms. The van der Waals surface area contributed by atoms with Gasteiger partial charge >= 0.3 is 0 Å². The minimum Gasteiger partial charge on any atom is -0.488 e. The molecule has 0 unspecified atom stereocenters. The Kier molecular flexibility index (Phi) is 4.80. The Morgan fingerprint density at radius 1 is 1.16 bits per heavy atom. The molecule has 0 spiro atoms. The second kappa shape index (κ2) is 6.37. The van der Waals surface area contributed by atoms with E-state index >= 15 is 0 Å². The summed E-state index contributed by atoms with van der Waals surface area (Å²) in [5.74, 6) is 0.317. The maximum absolute atomic E-state index is 13.6. The van der Waals surface area contributed by atoms with Crippen molar-refractivity contribution in [2.45, 2.75) is 13.2 Å². The van der Waals surface area contributed by atoms with Gasteiger partial charge in [-0.15, -0.1) is 0 Å². The second-order valence-electron chi connectivity index (χ2n) is 3.98. The van der Waals surface area contributed by atoms with E-state index in [1.165, 1.54) is 6.07 Å². The van der Waals surface area contributed by atoms with Crippen LogP contribution in [0.25, 0.3) is 0 Å². The van der Waals surface area contributed by atoms with Crippen LogP contribution in [-0.2, 0) is 13.2 Å². The summed E-state index contributed by atoms with van der Waals surface area (Å²) in [7, 11) is 0. The van der Waals surface area contributed by atoms with Gasteiger partial charge in [0.1, 0.15) is 18.2 Å². The maximum atomic E-state index is 13.6. The van der Waals surface area contributed by atoms with E-state index in [9.17, 15) is 4.39 Å². The highest BCUT2D eigenvalue weighted by Gasteiger charge is 2.07. The van der Waals surface area contributed by atoms with Gasteiger partial charge in [-0.1, -0.05) is 27.5 Å². The lowest BCUT2D eigenvalue weighted by atomic mass is 10.2. The molecule has 0 saturated carbocycles. The van der Waals surface area contributed by atoms with E-state index in [1.54, 1.807) is 30.3 Å². The van der Waals surface area contributed by atoms with Crippen molar-refractivity contribution >= 4 is 27.5 Å². The van der Waals surface area contributed by atoms with Crippen molar-refractivity contribution in [3.05, 3.63) is 62.8 Å². The molecule has 0 fully saturated rings. The Morgan fingerprint density at radius 3 is 2.68 bits per heavy atom. The van der Waals surface area contributed by atoms with Gasteiger partial charge < -0.3 is 10.5 Å². The van der Waals surface area contributed by atoms with Gasteiger partial charge in [-0.25, -0.2) is 4.39 Å². The number of benzene rings is 2. The third-order valence-electron chi connectivity index (χ3n) is 2.63. The van der Waals surface area contributed by atoms with Crippen LogP contribution >= 0.6 is 27.5 Å². The van der Waals surface area contributed by atoms with Crippen LogP contribution in [0.4, 0.5) is 4.39 Å². The fourth-order valence-corrected chi connectivity index (χ4v) is 2.26. The van der Waals surface area contributed by atoms with Crippen molar-refractivity contribution in [3.8, 4) is 5.75 Å². The predicted molar refractivity (Wildman–Crippen MR) is 77.8 cm³/mol. The third-order valence-corrected chi connectivity index (χ3v) is 3.36. The molecular formula is C14H12BrClFNO. The summed E-state index contributed by atoms with van der Waals surface area (Å²) >= 11 is 9.18. The zero-order valence-electron chi connectivity index (χ0n) is 10.00. The summed E-state index contributed by atoms with van der Waals surface area (Å²) in [6.45, 7) is 0.455. The van der Waals surface area contributed by atoms with Gasteiger partial charge in [0.05, 0.1) is 0 Å². The molecule has 0 aliphatic heterocycles. The molecule has 19 heavy (non-hydrogen) atoms. The largest absolute Gasteiger partial charge is 0.488 e. The number of nitrogens with two attached hydrogens (primary N) is 1. The SMILES string of the molecule is NCc1cc(Cl)ccc1OCc1cc(Br)ccc1F. The lowest BCUT2D eigenvalue weighted by Gasteiger charge is -2.11. The first kappa shape index (κ1) is 14.3. The number of rotatable bonds is 4. The molecule has 0 aliphatic carbocycles. The van der Waals surface area contributed by atoms with Crippen molar-refractivity contribution < 1.29 is 9.13 Å². The van der Waals surface area contributed by atoms with Crippen LogP contribution in [0.1, 0.15) is 11.1 Å². The summed E-state index contributed by atoms with van der Waals surface area (Å²) in [6.07, 6.45) is 0. The van der Waals surface area contributed by atoms with Crippen molar-refractivity contribution in [1.82, 2.24) is 0 Å². The smallest absolute Gasteiger partial charge is 0.129 e. The minimum atomic E-state index is -0.300. The Morgan fingerprint density at radius 2 is 1.95 bits per heavy atom. The average molecular weight is 345 g/mol. The average Bonchev–Trinajstić information content (AvgIpc) is 2.40. The number of hydrogen-bond donors (Lipinski definition) is 1. The number of halogens is 3. The zero-order valence-corrected chi connectivity index (χ0v) is 12.3. The highest BCUT2D eigenvalue weighted by molar-refractivity contribution is 9.10. The predicted octanol–water partition coefficient (Wildman–Crippen LogP) is 4.28. The molecule has 0 radical (unpaired) electrons. The van der Waals surface area contributed by atoms with Gasteiger partial charge in [0.25, 0.3) is 0 Å². The van der Waals surface area contributed by atoms with Crippen LogP contribution in [0.5, 0.6) is 5.75 Å². The van der Waals surface area contributed by atoms with Gasteiger partial charge in [-0.05, 0) is 36.4 Å². The molecule has 0 bridgehead atoms. The van der Waals surface area contributed by atoms with E-state index in [2.05, 4.69) is 15.9 Å². The van der Waals surface area contributed by atoms with Crippen molar-refractivity contribution in [1.29, 1.82) is 0 Å². The molecule has 0 amide bonds. The summed E-state index contributed by atoms with van der Waals surface area (Å²) in [6, 6.07) is 9.93. The second-order valence-corrected chi connectivity index (χ2v) is 5.33. The van der Waals surface area contributed by atoms with Gasteiger partial charge in [-0.2, -0.15) is 0 Å². The normalized spacial score (nSPS) is 10.5. The van der Waals surface area contributed by atoms with E-state index in [4.69, 9.17) is 22.1 Å². The number of hydrogen-bond acceptors (Lipinski definition) is 2. The molecular weight excluding hydrogens is 333 g/mol. The Balaban J connectivity index is 2.16.